The predicted molar refractivity (Wildman–Crippen MR) is 69.1 cm³/mol. The first kappa shape index (κ1) is 17.5. The predicted octanol–water partition coefficient (Wildman–Crippen LogP) is 1.19. The molecule has 0 heterocycles. The monoisotopic (exact) mass is 323 g/mol. The van der Waals surface area contributed by atoms with E-state index in [1.54, 1.807) is 6.92 Å². The first-order valence-electron chi connectivity index (χ1n) is 5.97. The van der Waals surface area contributed by atoms with E-state index < -0.39 is 44.2 Å². The molecule has 0 spiro atoms. The number of primary sulfonamides is 1. The van der Waals surface area contributed by atoms with Gasteiger partial charge in [0.1, 0.15) is 16.8 Å². The molecule has 6 nitrogen and oxygen atoms in total. The fraction of sp³-hybridized carbons (Fsp3) is 0.417. The maximum atomic E-state index is 13.9. The Hall–Kier alpha value is -1.58. The second-order valence-corrected chi connectivity index (χ2v) is 5.72. The Morgan fingerprint density at radius 2 is 2.00 bits per heavy atom. The van der Waals surface area contributed by atoms with Gasteiger partial charge in [0.05, 0.1) is 12.2 Å². The number of esters is 1. The largest absolute Gasteiger partial charge is 0.457 e. The van der Waals surface area contributed by atoms with Crippen LogP contribution in [0.3, 0.4) is 0 Å². The fourth-order valence-electron chi connectivity index (χ4n) is 1.48. The zero-order chi connectivity index (χ0) is 16.2. The normalized spacial score (nSPS) is 13.0. The van der Waals surface area contributed by atoms with Gasteiger partial charge in [0.25, 0.3) is 0 Å². The van der Waals surface area contributed by atoms with Crippen LogP contribution >= 0.6 is 0 Å². The highest BCUT2D eigenvalue weighted by Crippen LogP contribution is 2.20. The van der Waals surface area contributed by atoms with E-state index in [0.29, 0.717) is 18.7 Å². The van der Waals surface area contributed by atoms with Crippen molar-refractivity contribution in [1.29, 1.82) is 0 Å². The quantitative estimate of drug-likeness (QED) is 0.794. The van der Waals surface area contributed by atoms with Crippen LogP contribution in [-0.2, 0) is 19.5 Å². The summed E-state index contributed by atoms with van der Waals surface area (Å²) < 4.78 is 59.4. The minimum Gasteiger partial charge on any atom is -0.457 e. The molecule has 1 rings (SSSR count). The first-order chi connectivity index (χ1) is 9.66. The third-order valence-corrected chi connectivity index (χ3v) is 3.31. The van der Waals surface area contributed by atoms with Crippen molar-refractivity contribution in [1.82, 2.24) is 0 Å². The van der Waals surface area contributed by atoms with Crippen LogP contribution in [0.4, 0.5) is 8.78 Å². The zero-order valence-electron chi connectivity index (χ0n) is 11.4. The van der Waals surface area contributed by atoms with Gasteiger partial charge >= 0.3 is 5.97 Å². The molecule has 0 bridgehead atoms. The second kappa shape index (κ2) is 6.92. The summed E-state index contributed by atoms with van der Waals surface area (Å²) in [6, 6.07) is 0.935. The van der Waals surface area contributed by atoms with Gasteiger partial charge in [0, 0.05) is 6.61 Å². The average molecular weight is 323 g/mol. The van der Waals surface area contributed by atoms with Crippen LogP contribution in [0, 0.1) is 11.6 Å². The Kier molecular flexibility index (Phi) is 5.76. The van der Waals surface area contributed by atoms with Crippen molar-refractivity contribution in [3.05, 3.63) is 29.3 Å². The minimum atomic E-state index is -4.50. The summed E-state index contributed by atoms with van der Waals surface area (Å²) in [5.74, 6) is -3.78. The number of nitrogens with two attached hydrogens (primary N) is 1. The molecule has 0 aliphatic heterocycles. The van der Waals surface area contributed by atoms with Crippen LogP contribution in [0.15, 0.2) is 17.0 Å². The van der Waals surface area contributed by atoms with Crippen LogP contribution < -0.4 is 5.14 Å². The lowest BCUT2D eigenvalue weighted by Gasteiger charge is -2.14. The number of benzene rings is 1. The van der Waals surface area contributed by atoms with Gasteiger partial charge in [-0.15, -0.1) is 0 Å². The number of halogens is 2. The molecule has 9 heteroatoms. The first-order valence-corrected chi connectivity index (χ1v) is 7.52. The van der Waals surface area contributed by atoms with E-state index in [-0.39, 0.29) is 6.61 Å². The third kappa shape index (κ3) is 4.73. The van der Waals surface area contributed by atoms with Crippen LogP contribution in [0.25, 0.3) is 0 Å². The number of sulfonamides is 1. The molecule has 0 aliphatic rings. The molecule has 0 saturated carbocycles. The van der Waals surface area contributed by atoms with Gasteiger partial charge in [-0.05, 0) is 26.0 Å². The van der Waals surface area contributed by atoms with Crippen molar-refractivity contribution < 1.29 is 31.5 Å². The van der Waals surface area contributed by atoms with Gasteiger partial charge < -0.3 is 9.47 Å². The summed E-state index contributed by atoms with van der Waals surface area (Å²) >= 11 is 0. The fourth-order valence-corrected chi connectivity index (χ4v) is 2.12. The molecule has 1 unspecified atom stereocenters. The van der Waals surface area contributed by atoms with Gasteiger partial charge in [0.15, 0.2) is 5.82 Å². The minimum absolute atomic E-state index is 0.0707. The molecule has 0 aromatic heterocycles. The highest BCUT2D eigenvalue weighted by molar-refractivity contribution is 7.89. The lowest BCUT2D eigenvalue weighted by molar-refractivity contribution is 0.00391. The summed E-state index contributed by atoms with van der Waals surface area (Å²) in [6.07, 6.45) is -0.710. The molecule has 118 valence electrons. The van der Waals surface area contributed by atoms with E-state index in [9.17, 15) is 22.0 Å². The Balaban J connectivity index is 3.08. The molecule has 0 aliphatic carbocycles. The smallest absolute Gasteiger partial charge is 0.341 e. The number of carbonyl (C=O) groups is 1. The van der Waals surface area contributed by atoms with Crippen LogP contribution in [0.1, 0.15) is 24.2 Å². The molecular weight excluding hydrogens is 308 g/mol. The SMILES string of the molecule is CCOCC(C)OC(=O)c1cc(F)cc(S(N)(=O)=O)c1F. The summed E-state index contributed by atoms with van der Waals surface area (Å²) in [5, 5.41) is 4.76. The van der Waals surface area contributed by atoms with Crippen molar-refractivity contribution in [2.24, 2.45) is 5.14 Å². The van der Waals surface area contributed by atoms with Crippen molar-refractivity contribution in [3.63, 3.8) is 0 Å². The molecule has 0 radical (unpaired) electrons. The Bertz CT molecular complexity index is 633. The topological polar surface area (TPSA) is 95.7 Å². The molecule has 1 aromatic rings. The average Bonchev–Trinajstić information content (AvgIpc) is 2.37. The zero-order valence-corrected chi connectivity index (χ0v) is 12.2. The molecule has 1 aromatic carbocycles. The maximum Gasteiger partial charge on any atom is 0.341 e. The van der Waals surface area contributed by atoms with Crippen LogP contribution in [0.2, 0.25) is 0 Å². The van der Waals surface area contributed by atoms with Crippen LogP contribution in [0.5, 0.6) is 0 Å². The van der Waals surface area contributed by atoms with Crippen molar-refractivity contribution in [2.75, 3.05) is 13.2 Å². The molecule has 2 N–H and O–H groups in total. The van der Waals surface area contributed by atoms with E-state index in [2.05, 4.69) is 0 Å². The molecule has 0 amide bonds. The third-order valence-electron chi connectivity index (χ3n) is 2.40. The Morgan fingerprint density at radius 1 is 1.38 bits per heavy atom. The molecule has 21 heavy (non-hydrogen) atoms. The highest BCUT2D eigenvalue weighted by Gasteiger charge is 2.25. The number of hydrogen-bond donors (Lipinski definition) is 1. The standard InChI is InChI=1S/C12H15F2NO5S/c1-3-19-6-7(2)20-12(16)9-4-8(13)5-10(11(9)14)21(15,17)18/h4-5,7H,3,6H2,1-2H3,(H2,15,17,18). The van der Waals surface area contributed by atoms with Gasteiger partial charge in [-0.25, -0.2) is 27.1 Å². The van der Waals surface area contributed by atoms with Gasteiger partial charge in [-0.1, -0.05) is 0 Å². The number of hydrogen-bond acceptors (Lipinski definition) is 5. The highest BCUT2D eigenvalue weighted by atomic mass is 32.2. The lowest BCUT2D eigenvalue weighted by Crippen LogP contribution is -2.23. The lowest BCUT2D eigenvalue weighted by atomic mass is 10.2. The second-order valence-electron chi connectivity index (χ2n) is 4.19. The van der Waals surface area contributed by atoms with Gasteiger partial charge in [-0.3, -0.25) is 0 Å². The summed E-state index contributed by atoms with van der Waals surface area (Å²) in [5.41, 5.74) is -0.845. The Morgan fingerprint density at radius 3 is 2.52 bits per heavy atom. The van der Waals surface area contributed by atoms with E-state index in [4.69, 9.17) is 14.6 Å². The van der Waals surface area contributed by atoms with Crippen LogP contribution in [-0.4, -0.2) is 33.7 Å². The van der Waals surface area contributed by atoms with Crippen molar-refractivity contribution >= 4 is 16.0 Å². The van der Waals surface area contributed by atoms with E-state index in [0.717, 1.165) is 0 Å². The summed E-state index contributed by atoms with van der Waals surface area (Å²) in [6.45, 7) is 3.69. The van der Waals surface area contributed by atoms with Crippen molar-refractivity contribution in [2.45, 2.75) is 24.8 Å². The van der Waals surface area contributed by atoms with Gasteiger partial charge in [-0.2, -0.15) is 0 Å². The van der Waals surface area contributed by atoms with Gasteiger partial charge in [0.2, 0.25) is 10.0 Å². The Labute approximate surface area is 120 Å². The summed E-state index contributed by atoms with van der Waals surface area (Å²) in [7, 11) is -4.50. The van der Waals surface area contributed by atoms with E-state index in [1.807, 2.05) is 0 Å². The summed E-state index contributed by atoms with van der Waals surface area (Å²) in [4.78, 5) is 10.6. The van der Waals surface area contributed by atoms with E-state index >= 15 is 0 Å². The maximum absolute atomic E-state index is 13.9. The van der Waals surface area contributed by atoms with Crippen molar-refractivity contribution in [3.8, 4) is 0 Å². The molecule has 1 atom stereocenters. The van der Waals surface area contributed by atoms with E-state index in [1.165, 1.54) is 6.92 Å². The number of carbonyl (C=O) groups excluding carboxylic acids is 1. The molecule has 0 fully saturated rings. The number of ether oxygens (including phenoxy) is 2. The molecular formula is C12H15F2NO5S. The molecule has 0 saturated heterocycles. The number of rotatable bonds is 6.